The molecule has 0 rings (SSSR count). The summed E-state index contributed by atoms with van der Waals surface area (Å²) in [5, 5.41) is 8.59. The summed E-state index contributed by atoms with van der Waals surface area (Å²) >= 11 is 0. The van der Waals surface area contributed by atoms with E-state index in [0.717, 1.165) is 0 Å². The van der Waals surface area contributed by atoms with Gasteiger partial charge in [0.1, 0.15) is 6.54 Å². The first-order valence-electron chi connectivity index (χ1n) is 6.10. The molecule has 7 nitrogen and oxygen atoms in total. The van der Waals surface area contributed by atoms with E-state index in [0.29, 0.717) is 13.0 Å². The van der Waals surface area contributed by atoms with E-state index in [-0.39, 0.29) is 25.0 Å². The second kappa shape index (κ2) is 8.34. The summed E-state index contributed by atoms with van der Waals surface area (Å²) in [5.41, 5.74) is 0. The van der Waals surface area contributed by atoms with Crippen LogP contribution >= 0.6 is 0 Å². The van der Waals surface area contributed by atoms with Gasteiger partial charge < -0.3 is 19.6 Å². The summed E-state index contributed by atoms with van der Waals surface area (Å²) < 4.78 is 4.49. The van der Waals surface area contributed by atoms with E-state index in [9.17, 15) is 14.4 Å². The van der Waals surface area contributed by atoms with Gasteiger partial charge in [0, 0.05) is 26.1 Å². The molecular weight excluding hydrogens is 252 g/mol. The summed E-state index contributed by atoms with van der Waals surface area (Å²) in [6.07, 6.45) is 0.391. The lowest BCUT2D eigenvalue weighted by Crippen LogP contribution is -2.47. The Bertz CT molecular complexity index is 330. The van der Waals surface area contributed by atoms with Crippen LogP contribution < -0.4 is 0 Å². The Balaban J connectivity index is 4.47. The average Bonchev–Trinajstić information content (AvgIpc) is 2.32. The highest BCUT2D eigenvalue weighted by Crippen LogP contribution is 2.06. The summed E-state index contributed by atoms with van der Waals surface area (Å²) in [5.74, 6) is -1.39. The van der Waals surface area contributed by atoms with Crippen molar-refractivity contribution >= 4 is 18.0 Å². The van der Waals surface area contributed by atoms with Crippen LogP contribution in [-0.2, 0) is 14.3 Å². The van der Waals surface area contributed by atoms with E-state index in [1.165, 1.54) is 24.0 Å². The molecule has 19 heavy (non-hydrogen) atoms. The first-order valence-corrected chi connectivity index (χ1v) is 6.10. The van der Waals surface area contributed by atoms with Gasteiger partial charge in [-0.3, -0.25) is 9.59 Å². The monoisotopic (exact) mass is 274 g/mol. The summed E-state index contributed by atoms with van der Waals surface area (Å²) in [7, 11) is 2.76. The van der Waals surface area contributed by atoms with E-state index in [4.69, 9.17) is 5.11 Å². The van der Waals surface area contributed by atoms with Gasteiger partial charge in [-0.25, -0.2) is 4.79 Å². The quantitative estimate of drug-likeness (QED) is 0.693. The van der Waals surface area contributed by atoms with Crippen LogP contribution in [0.1, 0.15) is 26.7 Å². The number of esters is 1. The number of nitrogens with zero attached hydrogens (tertiary/aromatic N) is 2. The third-order valence-electron chi connectivity index (χ3n) is 2.58. The number of carbonyl (C=O) groups is 3. The van der Waals surface area contributed by atoms with E-state index >= 15 is 0 Å². The van der Waals surface area contributed by atoms with Crippen LogP contribution in [0, 0.1) is 0 Å². The summed E-state index contributed by atoms with van der Waals surface area (Å²) in [6, 6.07) is -0.382. The van der Waals surface area contributed by atoms with E-state index in [1.807, 2.05) is 13.8 Å². The third kappa shape index (κ3) is 6.64. The minimum Gasteiger partial charge on any atom is -0.481 e. The van der Waals surface area contributed by atoms with Crippen LogP contribution in [0.3, 0.4) is 0 Å². The maximum Gasteiger partial charge on any atom is 0.325 e. The van der Waals surface area contributed by atoms with E-state index in [1.54, 1.807) is 0 Å². The fraction of sp³-hybridized carbons (Fsp3) is 0.750. The zero-order valence-corrected chi connectivity index (χ0v) is 11.9. The second-order valence-electron chi connectivity index (χ2n) is 4.50. The molecule has 0 radical (unpaired) electrons. The Morgan fingerprint density at radius 2 is 1.84 bits per heavy atom. The number of carbonyl (C=O) groups excluding carboxylic acids is 2. The number of carboxylic acid groups (broad SMARTS) is 1. The summed E-state index contributed by atoms with van der Waals surface area (Å²) in [4.78, 5) is 36.5. The number of likely N-dealkylation sites (N-methyl/N-ethyl adjacent to an activating group) is 1. The first kappa shape index (κ1) is 17.2. The highest BCUT2D eigenvalue weighted by Gasteiger charge is 2.22. The lowest BCUT2D eigenvalue weighted by Gasteiger charge is -2.30. The van der Waals surface area contributed by atoms with Crippen LogP contribution in [0.15, 0.2) is 0 Å². The molecule has 0 aliphatic heterocycles. The number of hydrogen-bond acceptors (Lipinski definition) is 4. The molecule has 2 amide bonds. The average molecular weight is 274 g/mol. The van der Waals surface area contributed by atoms with Crippen molar-refractivity contribution in [2.24, 2.45) is 0 Å². The predicted octanol–water partition coefficient (Wildman–Crippen LogP) is 0.786. The number of aliphatic carboxylic acids is 1. The van der Waals surface area contributed by atoms with Gasteiger partial charge in [0.2, 0.25) is 0 Å². The fourth-order valence-corrected chi connectivity index (χ4v) is 1.52. The Morgan fingerprint density at radius 3 is 2.26 bits per heavy atom. The van der Waals surface area contributed by atoms with Crippen LogP contribution in [0.25, 0.3) is 0 Å². The largest absolute Gasteiger partial charge is 0.481 e. The van der Waals surface area contributed by atoms with Crippen molar-refractivity contribution in [1.82, 2.24) is 9.80 Å². The molecule has 0 aromatic rings. The molecular formula is C12H22N2O5. The highest BCUT2D eigenvalue weighted by molar-refractivity contribution is 5.81. The molecule has 0 fully saturated rings. The molecule has 0 aromatic heterocycles. The molecule has 0 saturated heterocycles. The van der Waals surface area contributed by atoms with Gasteiger partial charge in [-0.2, -0.15) is 0 Å². The van der Waals surface area contributed by atoms with Crippen molar-refractivity contribution in [3.05, 3.63) is 0 Å². The van der Waals surface area contributed by atoms with Crippen molar-refractivity contribution in [2.45, 2.75) is 32.7 Å². The van der Waals surface area contributed by atoms with E-state index in [2.05, 4.69) is 4.74 Å². The number of methoxy groups -OCH3 is 1. The molecule has 0 atom stereocenters. The lowest BCUT2D eigenvalue weighted by atomic mass is 10.2. The Kier molecular flexibility index (Phi) is 7.55. The van der Waals surface area contributed by atoms with Crippen molar-refractivity contribution in [3.8, 4) is 0 Å². The molecule has 0 heterocycles. The number of ether oxygens (including phenoxy) is 1. The number of urea groups is 1. The fourth-order valence-electron chi connectivity index (χ4n) is 1.52. The zero-order chi connectivity index (χ0) is 15.0. The standard InChI is InChI=1S/C12H22N2O5/c1-9(2)14(7-5-6-10(15)16)12(18)13(3)8-11(17)19-4/h9H,5-8H2,1-4H3,(H,15,16). The van der Waals surface area contributed by atoms with E-state index < -0.39 is 11.9 Å². The SMILES string of the molecule is COC(=O)CN(C)C(=O)N(CCCC(=O)O)C(C)C. The van der Waals surface area contributed by atoms with Crippen molar-refractivity contribution in [1.29, 1.82) is 0 Å². The minimum absolute atomic E-state index is 0.0111. The van der Waals surface area contributed by atoms with Crippen molar-refractivity contribution in [3.63, 3.8) is 0 Å². The molecule has 0 spiro atoms. The van der Waals surface area contributed by atoms with Gasteiger partial charge in [-0.1, -0.05) is 0 Å². The van der Waals surface area contributed by atoms with Gasteiger partial charge in [-0.05, 0) is 20.3 Å². The van der Waals surface area contributed by atoms with Gasteiger partial charge in [0.25, 0.3) is 0 Å². The van der Waals surface area contributed by atoms with Crippen LogP contribution in [0.2, 0.25) is 0 Å². The van der Waals surface area contributed by atoms with Crippen LogP contribution in [0.4, 0.5) is 4.79 Å². The normalized spacial score (nSPS) is 10.2. The molecule has 7 heteroatoms. The number of carboxylic acids is 1. The molecule has 0 aliphatic rings. The lowest BCUT2D eigenvalue weighted by molar-refractivity contribution is -0.141. The maximum atomic E-state index is 12.1. The van der Waals surface area contributed by atoms with Crippen molar-refractivity contribution in [2.75, 3.05) is 27.2 Å². The predicted molar refractivity (Wildman–Crippen MR) is 68.8 cm³/mol. The summed E-state index contributed by atoms with van der Waals surface area (Å²) in [6.45, 7) is 3.89. The first-order chi connectivity index (χ1) is 8.79. The topological polar surface area (TPSA) is 87.2 Å². The van der Waals surface area contributed by atoms with Gasteiger partial charge in [-0.15, -0.1) is 0 Å². The zero-order valence-electron chi connectivity index (χ0n) is 11.9. The maximum absolute atomic E-state index is 12.1. The third-order valence-corrected chi connectivity index (χ3v) is 2.58. The van der Waals surface area contributed by atoms with Gasteiger partial charge in [0.05, 0.1) is 7.11 Å². The second-order valence-corrected chi connectivity index (χ2v) is 4.50. The van der Waals surface area contributed by atoms with Gasteiger partial charge >= 0.3 is 18.0 Å². The molecule has 0 bridgehead atoms. The molecule has 0 aromatic carbocycles. The smallest absolute Gasteiger partial charge is 0.325 e. The molecule has 1 N–H and O–H groups in total. The Hall–Kier alpha value is -1.79. The Morgan fingerprint density at radius 1 is 1.26 bits per heavy atom. The molecule has 0 unspecified atom stereocenters. The van der Waals surface area contributed by atoms with Crippen LogP contribution in [0.5, 0.6) is 0 Å². The number of rotatable bonds is 7. The number of hydrogen-bond donors (Lipinski definition) is 1. The van der Waals surface area contributed by atoms with Gasteiger partial charge in [0.15, 0.2) is 0 Å². The molecule has 0 aliphatic carbocycles. The van der Waals surface area contributed by atoms with Crippen LogP contribution in [-0.4, -0.2) is 66.2 Å². The minimum atomic E-state index is -0.890. The molecule has 110 valence electrons. The highest BCUT2D eigenvalue weighted by atomic mass is 16.5. The van der Waals surface area contributed by atoms with Crippen molar-refractivity contribution < 1.29 is 24.2 Å². The Labute approximate surface area is 113 Å². The number of amides is 2. The molecule has 0 saturated carbocycles.